The summed E-state index contributed by atoms with van der Waals surface area (Å²) in [4.78, 5) is 12.1. The maximum atomic E-state index is 12.1. The topological polar surface area (TPSA) is 52.3 Å². The first-order valence-electron chi connectivity index (χ1n) is 6.85. The SMILES string of the molecule is NC(CC(=O)Cc1cc(Br)cc2c1OCC2)C1CC1. The van der Waals surface area contributed by atoms with Crippen molar-refractivity contribution in [3.8, 4) is 5.75 Å². The summed E-state index contributed by atoms with van der Waals surface area (Å²) in [6.45, 7) is 0.717. The Morgan fingerprint density at radius 2 is 2.26 bits per heavy atom. The molecule has 2 aliphatic rings. The number of halogens is 1. The number of rotatable bonds is 5. The fraction of sp³-hybridized carbons (Fsp3) is 0.533. The van der Waals surface area contributed by atoms with E-state index in [1.807, 2.05) is 6.07 Å². The molecule has 1 aliphatic carbocycles. The summed E-state index contributed by atoms with van der Waals surface area (Å²) < 4.78 is 6.67. The Labute approximate surface area is 121 Å². The van der Waals surface area contributed by atoms with Crippen LogP contribution >= 0.6 is 15.9 Å². The van der Waals surface area contributed by atoms with Crippen molar-refractivity contribution >= 4 is 21.7 Å². The van der Waals surface area contributed by atoms with Gasteiger partial charge < -0.3 is 10.5 Å². The average molecular weight is 324 g/mol. The van der Waals surface area contributed by atoms with Gasteiger partial charge in [0.25, 0.3) is 0 Å². The first-order valence-corrected chi connectivity index (χ1v) is 7.64. The average Bonchev–Trinajstić information content (AvgIpc) is 3.08. The molecule has 0 saturated heterocycles. The number of carbonyl (C=O) groups is 1. The first-order chi connectivity index (χ1) is 9.13. The number of hydrogen-bond donors (Lipinski definition) is 1. The van der Waals surface area contributed by atoms with Gasteiger partial charge >= 0.3 is 0 Å². The summed E-state index contributed by atoms with van der Waals surface area (Å²) in [5, 5.41) is 0. The number of nitrogens with two attached hydrogens (primary N) is 1. The van der Waals surface area contributed by atoms with Crippen molar-refractivity contribution in [2.24, 2.45) is 11.7 Å². The first kappa shape index (κ1) is 13.1. The van der Waals surface area contributed by atoms with Gasteiger partial charge in [-0.3, -0.25) is 4.79 Å². The summed E-state index contributed by atoms with van der Waals surface area (Å²) in [7, 11) is 0. The highest BCUT2D eigenvalue weighted by molar-refractivity contribution is 9.10. The van der Waals surface area contributed by atoms with Crippen LogP contribution < -0.4 is 10.5 Å². The van der Waals surface area contributed by atoms with E-state index in [0.29, 0.717) is 25.4 Å². The quantitative estimate of drug-likeness (QED) is 0.906. The predicted molar refractivity (Wildman–Crippen MR) is 77.4 cm³/mol. The minimum Gasteiger partial charge on any atom is -0.493 e. The lowest BCUT2D eigenvalue weighted by molar-refractivity contribution is -0.118. The fourth-order valence-electron chi connectivity index (χ4n) is 2.72. The largest absolute Gasteiger partial charge is 0.493 e. The molecule has 1 aromatic rings. The Kier molecular flexibility index (Phi) is 3.63. The minimum absolute atomic E-state index is 0.0496. The highest BCUT2D eigenvalue weighted by Gasteiger charge is 2.30. The van der Waals surface area contributed by atoms with Gasteiger partial charge in [-0.1, -0.05) is 15.9 Å². The molecule has 19 heavy (non-hydrogen) atoms. The molecule has 1 aliphatic heterocycles. The molecule has 1 fully saturated rings. The maximum Gasteiger partial charge on any atom is 0.138 e. The number of Topliss-reactive ketones (excluding diaryl/α,β-unsaturated/α-hetero) is 1. The summed E-state index contributed by atoms with van der Waals surface area (Å²) in [5.74, 6) is 1.71. The number of ether oxygens (including phenoxy) is 1. The van der Waals surface area contributed by atoms with E-state index in [1.165, 1.54) is 18.4 Å². The Balaban J connectivity index is 1.70. The Morgan fingerprint density at radius 1 is 1.47 bits per heavy atom. The zero-order valence-electron chi connectivity index (χ0n) is 10.8. The monoisotopic (exact) mass is 323 g/mol. The van der Waals surface area contributed by atoms with Crippen molar-refractivity contribution in [2.75, 3.05) is 6.61 Å². The van der Waals surface area contributed by atoms with Crippen LogP contribution in [0.1, 0.15) is 30.4 Å². The molecule has 2 N–H and O–H groups in total. The molecule has 0 aromatic heterocycles. The molecule has 0 spiro atoms. The van der Waals surface area contributed by atoms with Crippen molar-refractivity contribution in [3.63, 3.8) is 0 Å². The minimum atomic E-state index is 0.0496. The van der Waals surface area contributed by atoms with Crippen LogP contribution in [0.15, 0.2) is 16.6 Å². The summed E-state index contributed by atoms with van der Waals surface area (Å²) >= 11 is 3.50. The van der Waals surface area contributed by atoms with Crippen molar-refractivity contribution in [2.45, 2.75) is 38.1 Å². The van der Waals surface area contributed by atoms with Gasteiger partial charge in [0.15, 0.2) is 0 Å². The number of hydrogen-bond acceptors (Lipinski definition) is 3. The van der Waals surface area contributed by atoms with Gasteiger partial charge in [-0.25, -0.2) is 0 Å². The van der Waals surface area contributed by atoms with Crippen molar-refractivity contribution < 1.29 is 9.53 Å². The Hall–Kier alpha value is -0.870. The Bertz CT molecular complexity index is 511. The van der Waals surface area contributed by atoms with Crippen molar-refractivity contribution in [1.82, 2.24) is 0 Å². The molecular formula is C15H18BrNO2. The molecule has 0 bridgehead atoms. The lowest BCUT2D eigenvalue weighted by Gasteiger charge is -2.11. The fourth-order valence-corrected chi connectivity index (χ4v) is 3.27. The Morgan fingerprint density at radius 3 is 3.00 bits per heavy atom. The third-order valence-corrected chi connectivity index (χ3v) is 4.36. The van der Waals surface area contributed by atoms with Crippen LogP contribution in [0.3, 0.4) is 0 Å². The van der Waals surface area contributed by atoms with Crippen LogP contribution in [0.5, 0.6) is 5.75 Å². The van der Waals surface area contributed by atoms with Crippen molar-refractivity contribution in [3.05, 3.63) is 27.7 Å². The molecule has 1 unspecified atom stereocenters. The molecule has 0 amide bonds. The highest BCUT2D eigenvalue weighted by atomic mass is 79.9. The van der Waals surface area contributed by atoms with Gasteiger partial charge in [0.1, 0.15) is 11.5 Å². The van der Waals surface area contributed by atoms with Gasteiger partial charge in [-0.2, -0.15) is 0 Å². The van der Waals surface area contributed by atoms with Gasteiger partial charge in [0, 0.05) is 35.3 Å². The maximum absolute atomic E-state index is 12.1. The van der Waals surface area contributed by atoms with Gasteiger partial charge in [-0.15, -0.1) is 0 Å². The van der Waals surface area contributed by atoms with Gasteiger partial charge in [0.05, 0.1) is 6.61 Å². The van der Waals surface area contributed by atoms with Gasteiger partial charge in [-0.05, 0) is 36.5 Å². The van der Waals surface area contributed by atoms with E-state index < -0.39 is 0 Å². The predicted octanol–water partition coefficient (Wildman–Crippen LogP) is 2.62. The molecule has 0 radical (unpaired) electrons. The number of benzene rings is 1. The second kappa shape index (κ2) is 5.25. The van der Waals surface area contributed by atoms with Crippen LogP contribution in [-0.4, -0.2) is 18.4 Å². The van der Waals surface area contributed by atoms with Crippen molar-refractivity contribution in [1.29, 1.82) is 0 Å². The lowest BCUT2D eigenvalue weighted by Crippen LogP contribution is -2.26. The lowest BCUT2D eigenvalue weighted by atomic mass is 9.99. The van der Waals surface area contributed by atoms with Crippen LogP contribution in [0.2, 0.25) is 0 Å². The van der Waals surface area contributed by atoms with Crippen LogP contribution in [0, 0.1) is 5.92 Å². The number of carbonyl (C=O) groups excluding carboxylic acids is 1. The molecule has 102 valence electrons. The second-order valence-corrected chi connectivity index (χ2v) is 6.49. The molecule has 1 aromatic carbocycles. The zero-order valence-corrected chi connectivity index (χ0v) is 12.4. The normalized spacial score (nSPS) is 18.8. The molecular weight excluding hydrogens is 306 g/mol. The molecule has 1 heterocycles. The summed E-state index contributed by atoms with van der Waals surface area (Å²) in [5.41, 5.74) is 8.21. The van der Waals surface area contributed by atoms with Crippen LogP contribution in [-0.2, 0) is 17.6 Å². The third kappa shape index (κ3) is 3.00. The van der Waals surface area contributed by atoms with Crippen LogP contribution in [0.4, 0.5) is 0 Å². The summed E-state index contributed by atoms with van der Waals surface area (Å²) in [6.07, 6.45) is 4.22. The second-order valence-electron chi connectivity index (χ2n) is 5.57. The molecule has 3 rings (SSSR count). The van der Waals surface area contributed by atoms with E-state index in [4.69, 9.17) is 10.5 Å². The van der Waals surface area contributed by atoms with E-state index in [9.17, 15) is 4.79 Å². The summed E-state index contributed by atoms with van der Waals surface area (Å²) in [6, 6.07) is 4.12. The molecule has 1 atom stereocenters. The van der Waals surface area contributed by atoms with E-state index in [0.717, 1.165) is 22.2 Å². The zero-order chi connectivity index (χ0) is 13.4. The standard InChI is InChI=1S/C15H18BrNO2/c16-12-5-10-3-4-19-15(10)11(6-12)7-13(18)8-14(17)9-1-2-9/h5-6,9,14H,1-4,7-8,17H2. The number of ketones is 1. The van der Waals surface area contributed by atoms with E-state index >= 15 is 0 Å². The number of fused-ring (bicyclic) bond motifs is 1. The molecule has 1 saturated carbocycles. The van der Waals surface area contributed by atoms with E-state index in [-0.39, 0.29) is 11.8 Å². The molecule has 3 nitrogen and oxygen atoms in total. The smallest absolute Gasteiger partial charge is 0.138 e. The van der Waals surface area contributed by atoms with E-state index in [2.05, 4.69) is 22.0 Å². The molecule has 4 heteroatoms. The third-order valence-electron chi connectivity index (χ3n) is 3.90. The van der Waals surface area contributed by atoms with Gasteiger partial charge in [0.2, 0.25) is 0 Å². The van der Waals surface area contributed by atoms with E-state index in [1.54, 1.807) is 0 Å². The highest BCUT2D eigenvalue weighted by Crippen LogP contribution is 2.35. The van der Waals surface area contributed by atoms with Crippen LogP contribution in [0.25, 0.3) is 0 Å².